The van der Waals surface area contributed by atoms with Crippen LogP contribution in [0.1, 0.15) is 56.5 Å². The summed E-state index contributed by atoms with van der Waals surface area (Å²) >= 11 is 0. The summed E-state index contributed by atoms with van der Waals surface area (Å²) < 4.78 is 215. The number of hydrogen-bond acceptors (Lipinski definition) is 2. The van der Waals surface area contributed by atoms with Gasteiger partial charge < -0.3 is 18.9 Å². The van der Waals surface area contributed by atoms with Crippen LogP contribution >= 0.6 is 0 Å². The van der Waals surface area contributed by atoms with E-state index in [-0.39, 0.29) is 49.3 Å². The second-order valence-electron chi connectivity index (χ2n) is 21.2. The average Bonchev–Trinajstić information content (AvgIpc) is 1.43. The van der Waals surface area contributed by atoms with Crippen LogP contribution in [-0.2, 0) is 5.41 Å². The maximum Gasteiger partial charge on any atom is 0.252 e. The fourth-order valence-electron chi connectivity index (χ4n) is 11.9. The summed E-state index contributed by atoms with van der Waals surface area (Å²) in [6.07, 6.45) is 0. The summed E-state index contributed by atoms with van der Waals surface area (Å²) in [5, 5.41) is -1.36. The molecular formula is C76H55BN4. The third kappa shape index (κ3) is 7.32. The van der Waals surface area contributed by atoms with Crippen LogP contribution in [0.3, 0.4) is 0 Å². The van der Waals surface area contributed by atoms with Gasteiger partial charge >= 0.3 is 0 Å². The van der Waals surface area contributed by atoms with Crippen LogP contribution in [0, 0.1) is 0 Å². The first-order valence-corrected chi connectivity index (χ1v) is 26.5. The highest BCUT2D eigenvalue weighted by Crippen LogP contribution is 2.51. The predicted octanol–water partition coefficient (Wildman–Crippen LogP) is 18.3. The molecule has 382 valence electrons. The summed E-state index contributed by atoms with van der Waals surface area (Å²) in [6.45, 7) is 4.70. The standard InChI is InChI=1S/C76H55BN4/c1-76(2,3)54-40-38-50(39-41-54)53-46-73-75-74(47-53)81(66-33-17-11-27-58(66)52-24-8-5-9-25-52)72-49-56(79-69-36-20-14-30-61(69)62-31-15-21-37-70(62)79)43-45-64(72)77(75)63-44-42-55(78-67-34-18-12-28-59(67)60-29-13-19-35-68(60)78)48-71(63)80(73)65-32-16-10-26-57(65)51-22-6-4-7-23-51/h4-49H,1-3H3/i12D,13D,14D,15D,18D,19D,20D,21D,28D,29D,30D,31D,34D,35D,36D,37D,42D,43D,44D,45D,48D,49D. The van der Waals surface area contributed by atoms with Crippen molar-refractivity contribution >= 4 is 101 Å². The van der Waals surface area contributed by atoms with Crippen LogP contribution in [0.5, 0.6) is 0 Å². The van der Waals surface area contributed by atoms with Crippen molar-refractivity contribution in [3.05, 3.63) is 284 Å². The Labute approximate surface area is 503 Å². The number of anilines is 6. The molecule has 2 aliphatic rings. The minimum atomic E-state index is -1.56. The van der Waals surface area contributed by atoms with Crippen molar-refractivity contribution in [1.82, 2.24) is 9.13 Å². The lowest BCUT2D eigenvalue weighted by Gasteiger charge is -2.45. The lowest BCUT2D eigenvalue weighted by atomic mass is 9.33. The van der Waals surface area contributed by atoms with Crippen molar-refractivity contribution in [3.8, 4) is 44.8 Å². The number of benzene rings is 12. The zero-order valence-corrected chi connectivity index (χ0v) is 43.7. The zero-order chi connectivity index (χ0) is 73.1. The molecule has 0 radical (unpaired) electrons. The Morgan fingerprint density at radius 2 is 0.728 bits per heavy atom. The summed E-state index contributed by atoms with van der Waals surface area (Å²) in [4.78, 5) is 3.54. The molecule has 0 amide bonds. The van der Waals surface area contributed by atoms with Crippen LogP contribution in [0.15, 0.2) is 279 Å². The van der Waals surface area contributed by atoms with Gasteiger partial charge in [0, 0.05) is 66.8 Å². The first-order chi connectivity index (χ1) is 49.0. The first-order valence-electron chi connectivity index (χ1n) is 37.5. The van der Waals surface area contributed by atoms with E-state index in [4.69, 9.17) is 11.0 Å². The average molecular weight is 1060 g/mol. The number of aromatic nitrogens is 2. The minimum absolute atomic E-state index is 0.139. The molecule has 4 heterocycles. The number of para-hydroxylation sites is 6. The van der Waals surface area contributed by atoms with Crippen LogP contribution in [0.4, 0.5) is 34.1 Å². The molecule has 2 aromatic heterocycles. The summed E-state index contributed by atoms with van der Waals surface area (Å²) in [5.74, 6) is 0. The molecule has 0 saturated carbocycles. The molecule has 0 fully saturated rings. The molecule has 2 aliphatic heterocycles. The van der Waals surface area contributed by atoms with E-state index in [0.29, 0.717) is 61.6 Å². The maximum absolute atomic E-state index is 11.2. The minimum Gasteiger partial charge on any atom is -0.311 e. The van der Waals surface area contributed by atoms with Gasteiger partial charge in [0.05, 0.1) is 63.6 Å². The van der Waals surface area contributed by atoms with Crippen LogP contribution in [-0.4, -0.2) is 15.8 Å². The molecule has 14 aromatic rings. The van der Waals surface area contributed by atoms with Gasteiger partial charge in [-0.25, -0.2) is 0 Å². The second kappa shape index (κ2) is 18.2. The molecule has 0 bridgehead atoms. The molecule has 0 N–H and O–H groups in total. The number of hydrogen-bond donors (Lipinski definition) is 0. The molecule has 0 unspecified atom stereocenters. The molecule has 4 nitrogen and oxygen atoms in total. The molecule has 81 heavy (non-hydrogen) atoms. The van der Waals surface area contributed by atoms with Crippen molar-refractivity contribution in [2.45, 2.75) is 26.2 Å². The SMILES string of the molecule is [2H]c1c([2H])c(-n2c3c([2H])c([2H])c([2H])c([2H])c3c3c([2H])c([2H])c([2H])c([2H])c32)c([2H])c2c1B1c3c(cc(-c4ccc(C(C)(C)C)cc4)cc3N(c3ccccc3-c3ccccc3)c3c([2H])c(-n4c5c([2H])c([2H])c([2H])c([2H])c5c5c([2H])c([2H])c([2H])c([2H])c54)c([2H])c([2H])c31)N2c1ccccc1-c1ccccc1. The summed E-state index contributed by atoms with van der Waals surface area (Å²) in [7, 11) is 0. The van der Waals surface area contributed by atoms with E-state index in [1.807, 2.05) is 133 Å². The van der Waals surface area contributed by atoms with Gasteiger partial charge in [-0.3, -0.25) is 0 Å². The van der Waals surface area contributed by atoms with Gasteiger partial charge in [0.15, 0.2) is 0 Å². The lowest BCUT2D eigenvalue weighted by molar-refractivity contribution is 0.590. The van der Waals surface area contributed by atoms with Crippen molar-refractivity contribution < 1.29 is 30.2 Å². The fraction of sp³-hybridized carbons (Fsp3) is 0.0526. The molecular weight excluding hydrogens is 980 g/mol. The van der Waals surface area contributed by atoms with Crippen LogP contribution in [0.2, 0.25) is 0 Å². The normalized spacial score (nSPS) is 16.6. The van der Waals surface area contributed by atoms with Crippen molar-refractivity contribution in [2.75, 3.05) is 9.80 Å². The van der Waals surface area contributed by atoms with E-state index in [9.17, 15) is 19.2 Å². The Morgan fingerprint density at radius 3 is 1.14 bits per heavy atom. The zero-order valence-electron chi connectivity index (χ0n) is 65.7. The Hall–Kier alpha value is -10.1. The quantitative estimate of drug-likeness (QED) is 0.148. The highest BCUT2D eigenvalue weighted by Gasteiger charge is 2.45. The van der Waals surface area contributed by atoms with Crippen LogP contribution < -0.4 is 26.2 Å². The molecule has 0 spiro atoms. The van der Waals surface area contributed by atoms with E-state index >= 15 is 0 Å². The van der Waals surface area contributed by atoms with Crippen LogP contribution in [0.25, 0.3) is 88.4 Å². The Bertz CT molecular complexity index is 5660. The van der Waals surface area contributed by atoms with E-state index in [0.717, 1.165) is 14.7 Å². The predicted molar refractivity (Wildman–Crippen MR) is 344 cm³/mol. The molecule has 5 heteroatoms. The topological polar surface area (TPSA) is 16.3 Å². The number of fused-ring (bicyclic) bond motifs is 10. The fourth-order valence-corrected chi connectivity index (χ4v) is 11.9. The largest absolute Gasteiger partial charge is 0.311 e. The summed E-state index contributed by atoms with van der Waals surface area (Å²) in [5.41, 5.74) is 2.86. The molecule has 0 saturated heterocycles. The Morgan fingerprint density at radius 1 is 0.346 bits per heavy atom. The van der Waals surface area contributed by atoms with E-state index in [2.05, 4.69) is 20.8 Å². The highest BCUT2D eigenvalue weighted by atomic mass is 15.2. The number of rotatable bonds is 7. The van der Waals surface area contributed by atoms with E-state index in [1.165, 1.54) is 0 Å². The molecule has 16 rings (SSSR count). The van der Waals surface area contributed by atoms with E-state index in [1.54, 1.807) is 21.9 Å². The Balaban J connectivity index is 1.15. The molecule has 0 atom stereocenters. The second-order valence-corrected chi connectivity index (χ2v) is 21.2. The number of nitrogens with zero attached hydrogens (tertiary/aromatic N) is 4. The third-order valence-electron chi connectivity index (χ3n) is 15.6. The van der Waals surface area contributed by atoms with Crippen molar-refractivity contribution in [2.24, 2.45) is 0 Å². The van der Waals surface area contributed by atoms with Gasteiger partial charge in [-0.1, -0.05) is 227 Å². The van der Waals surface area contributed by atoms with Gasteiger partial charge in [0.25, 0.3) is 6.71 Å². The third-order valence-corrected chi connectivity index (χ3v) is 15.6. The van der Waals surface area contributed by atoms with E-state index < -0.39 is 173 Å². The lowest BCUT2D eigenvalue weighted by Crippen LogP contribution is -2.61. The van der Waals surface area contributed by atoms with Gasteiger partial charge in [-0.2, -0.15) is 0 Å². The monoisotopic (exact) mass is 1060 g/mol. The Kier molecular flexibility index (Phi) is 6.70. The maximum atomic E-state index is 11.2. The van der Waals surface area contributed by atoms with Gasteiger partial charge in [-0.15, -0.1) is 0 Å². The smallest absolute Gasteiger partial charge is 0.252 e. The van der Waals surface area contributed by atoms with Gasteiger partial charge in [-0.05, 0) is 122 Å². The highest BCUT2D eigenvalue weighted by molar-refractivity contribution is 7.00. The van der Waals surface area contributed by atoms with Crippen molar-refractivity contribution in [3.63, 3.8) is 0 Å². The van der Waals surface area contributed by atoms with Gasteiger partial charge in [0.1, 0.15) is 0 Å². The molecule has 0 aliphatic carbocycles. The first kappa shape index (κ1) is 29.8. The summed E-state index contributed by atoms with van der Waals surface area (Å²) in [6, 6.07) is 29.5. The molecule has 12 aromatic carbocycles. The van der Waals surface area contributed by atoms with Gasteiger partial charge in [0.2, 0.25) is 0 Å². The van der Waals surface area contributed by atoms with Crippen molar-refractivity contribution in [1.29, 1.82) is 0 Å².